The summed E-state index contributed by atoms with van der Waals surface area (Å²) in [7, 11) is 1.89. The van der Waals surface area contributed by atoms with Crippen molar-refractivity contribution < 1.29 is 4.52 Å². The van der Waals surface area contributed by atoms with Crippen LogP contribution in [0.2, 0.25) is 0 Å². The molecule has 0 bridgehead atoms. The third-order valence-electron chi connectivity index (χ3n) is 2.43. The van der Waals surface area contributed by atoms with E-state index in [0.717, 1.165) is 16.8 Å². The molecule has 0 aromatic carbocycles. The molecule has 98 valence electrons. The molecular weight excluding hydrogens is 252 g/mol. The van der Waals surface area contributed by atoms with Crippen molar-refractivity contribution in [2.24, 2.45) is 12.8 Å². The number of rotatable bonds is 5. The van der Waals surface area contributed by atoms with Gasteiger partial charge in [-0.2, -0.15) is 4.98 Å². The Balaban J connectivity index is 2.00. The third kappa shape index (κ3) is 2.70. The van der Waals surface area contributed by atoms with Crippen LogP contribution in [0, 0.1) is 0 Å². The van der Waals surface area contributed by atoms with Gasteiger partial charge in [0.1, 0.15) is 5.82 Å². The fourth-order valence-corrected chi connectivity index (χ4v) is 2.10. The summed E-state index contributed by atoms with van der Waals surface area (Å²) in [6.45, 7) is 4.43. The Morgan fingerprint density at radius 1 is 1.39 bits per heavy atom. The summed E-state index contributed by atoms with van der Waals surface area (Å²) >= 11 is 1.50. The van der Waals surface area contributed by atoms with Crippen molar-refractivity contribution in [1.29, 1.82) is 0 Å². The van der Waals surface area contributed by atoms with Gasteiger partial charge in [0.05, 0.1) is 12.3 Å². The van der Waals surface area contributed by atoms with Crippen molar-refractivity contribution >= 4 is 11.8 Å². The summed E-state index contributed by atoms with van der Waals surface area (Å²) in [5.41, 5.74) is 5.53. The van der Waals surface area contributed by atoms with E-state index in [4.69, 9.17) is 10.3 Å². The lowest BCUT2D eigenvalue weighted by molar-refractivity contribution is 0.382. The monoisotopic (exact) mass is 268 g/mol. The van der Waals surface area contributed by atoms with Crippen LogP contribution >= 0.6 is 11.8 Å². The summed E-state index contributed by atoms with van der Waals surface area (Å²) in [5, 5.41) is 12.7. The van der Waals surface area contributed by atoms with Crippen LogP contribution < -0.4 is 5.73 Å². The van der Waals surface area contributed by atoms with E-state index in [1.54, 1.807) is 0 Å². The van der Waals surface area contributed by atoms with Crippen LogP contribution in [0.25, 0.3) is 0 Å². The molecule has 0 amide bonds. The lowest BCUT2D eigenvalue weighted by atomic mass is 10.2. The van der Waals surface area contributed by atoms with E-state index in [-0.39, 0.29) is 5.92 Å². The van der Waals surface area contributed by atoms with Gasteiger partial charge in [0.2, 0.25) is 5.89 Å². The van der Waals surface area contributed by atoms with Crippen molar-refractivity contribution in [1.82, 2.24) is 24.9 Å². The van der Waals surface area contributed by atoms with Crippen LogP contribution in [0.1, 0.15) is 37.3 Å². The van der Waals surface area contributed by atoms with Gasteiger partial charge in [0.15, 0.2) is 11.0 Å². The number of thioether (sulfide) groups is 1. The molecule has 0 fully saturated rings. The molecule has 18 heavy (non-hydrogen) atoms. The number of hydrogen-bond acceptors (Lipinski definition) is 7. The summed E-state index contributed by atoms with van der Waals surface area (Å²) in [4.78, 5) is 4.30. The highest BCUT2D eigenvalue weighted by molar-refractivity contribution is 7.98. The molecule has 2 aromatic heterocycles. The molecule has 0 radical (unpaired) electrons. The summed E-state index contributed by atoms with van der Waals surface area (Å²) < 4.78 is 7.02. The van der Waals surface area contributed by atoms with E-state index in [1.807, 2.05) is 25.5 Å². The topological polar surface area (TPSA) is 95.6 Å². The molecule has 0 spiro atoms. The predicted molar refractivity (Wildman–Crippen MR) is 66.8 cm³/mol. The highest BCUT2D eigenvalue weighted by Gasteiger charge is 2.12. The highest BCUT2D eigenvalue weighted by Crippen LogP contribution is 2.21. The van der Waals surface area contributed by atoms with Gasteiger partial charge in [-0.1, -0.05) is 30.8 Å². The van der Waals surface area contributed by atoms with Crippen LogP contribution in [-0.4, -0.2) is 24.9 Å². The second-order valence-electron chi connectivity index (χ2n) is 4.15. The molecule has 2 heterocycles. The van der Waals surface area contributed by atoms with Gasteiger partial charge in [-0.05, 0) is 0 Å². The zero-order chi connectivity index (χ0) is 13.1. The van der Waals surface area contributed by atoms with Crippen LogP contribution in [0.15, 0.2) is 9.68 Å². The predicted octanol–water partition coefficient (Wildman–Crippen LogP) is 1.07. The van der Waals surface area contributed by atoms with E-state index in [1.165, 1.54) is 11.8 Å². The Labute approximate surface area is 109 Å². The Morgan fingerprint density at radius 2 is 2.17 bits per heavy atom. The van der Waals surface area contributed by atoms with Crippen molar-refractivity contribution in [2.75, 3.05) is 0 Å². The molecule has 2 N–H and O–H groups in total. The average Bonchev–Trinajstić information content (AvgIpc) is 2.93. The number of nitrogens with zero attached hydrogens (tertiary/aromatic N) is 5. The first-order chi connectivity index (χ1) is 8.61. The molecule has 0 atom stereocenters. The van der Waals surface area contributed by atoms with Gasteiger partial charge in [-0.25, -0.2) is 0 Å². The fourth-order valence-electron chi connectivity index (χ4n) is 1.34. The zero-order valence-corrected chi connectivity index (χ0v) is 11.4. The Hall–Kier alpha value is -1.41. The van der Waals surface area contributed by atoms with Crippen molar-refractivity contribution in [3.63, 3.8) is 0 Å². The number of hydrogen-bond donors (Lipinski definition) is 1. The van der Waals surface area contributed by atoms with Crippen molar-refractivity contribution in [2.45, 2.75) is 37.2 Å². The van der Waals surface area contributed by atoms with Crippen LogP contribution in [0.4, 0.5) is 0 Å². The average molecular weight is 268 g/mol. The Morgan fingerprint density at radius 3 is 2.72 bits per heavy atom. The standard InChI is InChI=1S/C10H16N6OS/c1-6(2)9-12-8(17-15-9)5-18-10-14-13-7(4-11)16(10)3/h6H,4-5,11H2,1-3H3. The molecule has 0 aliphatic carbocycles. The van der Waals surface area contributed by atoms with Crippen LogP contribution in [0.5, 0.6) is 0 Å². The van der Waals surface area contributed by atoms with E-state index >= 15 is 0 Å². The quantitative estimate of drug-likeness (QED) is 0.810. The molecule has 0 saturated heterocycles. The fraction of sp³-hybridized carbons (Fsp3) is 0.600. The first-order valence-corrected chi connectivity index (χ1v) is 6.64. The normalized spacial score (nSPS) is 11.4. The second-order valence-corrected chi connectivity index (χ2v) is 5.09. The van der Waals surface area contributed by atoms with Gasteiger partial charge >= 0.3 is 0 Å². The van der Waals surface area contributed by atoms with Crippen LogP contribution in [-0.2, 0) is 19.3 Å². The molecule has 2 rings (SSSR count). The van der Waals surface area contributed by atoms with Gasteiger partial charge in [0.25, 0.3) is 0 Å². The molecule has 8 heteroatoms. The third-order valence-corrected chi connectivity index (χ3v) is 3.44. The maximum Gasteiger partial charge on any atom is 0.237 e. The second kappa shape index (κ2) is 5.49. The number of aromatic nitrogens is 5. The van der Waals surface area contributed by atoms with Crippen molar-refractivity contribution in [3.05, 3.63) is 17.5 Å². The molecule has 0 saturated carbocycles. The minimum absolute atomic E-state index is 0.270. The molecule has 7 nitrogen and oxygen atoms in total. The van der Waals surface area contributed by atoms with Gasteiger partial charge in [-0.15, -0.1) is 10.2 Å². The molecule has 2 aromatic rings. The van der Waals surface area contributed by atoms with E-state index in [9.17, 15) is 0 Å². The minimum atomic E-state index is 0.270. The lowest BCUT2D eigenvalue weighted by Gasteiger charge is -1.99. The summed E-state index contributed by atoms with van der Waals surface area (Å²) in [6.07, 6.45) is 0. The van der Waals surface area contributed by atoms with Crippen molar-refractivity contribution in [3.8, 4) is 0 Å². The maximum atomic E-state index is 5.53. The molecule has 0 unspecified atom stereocenters. The lowest BCUT2D eigenvalue weighted by Crippen LogP contribution is -2.05. The Bertz CT molecular complexity index is 520. The number of nitrogens with two attached hydrogens (primary N) is 1. The maximum absolute atomic E-state index is 5.53. The minimum Gasteiger partial charge on any atom is -0.338 e. The van der Waals surface area contributed by atoms with E-state index < -0.39 is 0 Å². The molecule has 0 aliphatic heterocycles. The van der Waals surface area contributed by atoms with E-state index in [2.05, 4.69) is 20.3 Å². The van der Waals surface area contributed by atoms with E-state index in [0.29, 0.717) is 18.2 Å². The van der Waals surface area contributed by atoms with Gasteiger partial charge in [0, 0.05) is 13.0 Å². The first kappa shape index (κ1) is 13.0. The SMILES string of the molecule is CC(C)c1noc(CSc2nnc(CN)n2C)n1. The summed E-state index contributed by atoms with van der Waals surface area (Å²) in [5.74, 6) is 2.93. The Kier molecular flexibility index (Phi) is 3.97. The first-order valence-electron chi connectivity index (χ1n) is 5.65. The highest BCUT2D eigenvalue weighted by atomic mass is 32.2. The molecule has 0 aliphatic rings. The molecular formula is C10H16N6OS. The van der Waals surface area contributed by atoms with Gasteiger partial charge in [-0.3, -0.25) is 0 Å². The smallest absolute Gasteiger partial charge is 0.237 e. The zero-order valence-electron chi connectivity index (χ0n) is 10.6. The van der Waals surface area contributed by atoms with Crippen LogP contribution in [0.3, 0.4) is 0 Å². The van der Waals surface area contributed by atoms with Gasteiger partial charge < -0.3 is 14.8 Å². The summed E-state index contributed by atoms with van der Waals surface area (Å²) in [6, 6.07) is 0. The largest absolute Gasteiger partial charge is 0.338 e.